The van der Waals surface area contributed by atoms with Gasteiger partial charge in [0.25, 0.3) is 10.1 Å². The highest BCUT2D eigenvalue weighted by molar-refractivity contribution is 7.85. The van der Waals surface area contributed by atoms with Crippen LogP contribution in [0.5, 0.6) is 0 Å². The van der Waals surface area contributed by atoms with Crippen LogP contribution in [0.25, 0.3) is 0 Å². The monoisotopic (exact) mass is 290 g/mol. The van der Waals surface area contributed by atoms with Crippen molar-refractivity contribution >= 4 is 21.5 Å². The van der Waals surface area contributed by atoms with Crippen LogP contribution in [0.2, 0.25) is 0 Å². The molecule has 1 aromatic carbocycles. The Hall–Kier alpha value is -2.07. The molecule has 0 fully saturated rings. The van der Waals surface area contributed by atoms with Gasteiger partial charge < -0.3 is 0 Å². The molecule has 9 nitrogen and oxygen atoms in total. The van der Waals surface area contributed by atoms with E-state index < -0.39 is 31.3 Å². The minimum absolute atomic E-state index is 0.0892. The van der Waals surface area contributed by atoms with Gasteiger partial charge in [0.1, 0.15) is 0 Å². The van der Waals surface area contributed by atoms with Gasteiger partial charge in [0.2, 0.25) is 0 Å². The summed E-state index contributed by atoms with van der Waals surface area (Å²) in [7, 11) is -3.58. The molecular formula is C9H10N2O7S. The van der Waals surface area contributed by atoms with Crippen LogP contribution >= 0.6 is 0 Å². The number of hydrogen-bond donors (Lipinski definition) is 0. The highest BCUT2D eigenvalue weighted by atomic mass is 32.2. The van der Waals surface area contributed by atoms with Gasteiger partial charge in [-0.1, -0.05) is 6.07 Å². The summed E-state index contributed by atoms with van der Waals surface area (Å²) in [5.74, 6) is 0. The van der Waals surface area contributed by atoms with Crippen molar-refractivity contribution in [2.45, 2.75) is 6.42 Å². The topological polar surface area (TPSA) is 130 Å². The van der Waals surface area contributed by atoms with Gasteiger partial charge in [-0.15, -0.1) is 0 Å². The zero-order valence-corrected chi connectivity index (χ0v) is 10.6. The molecule has 0 saturated heterocycles. The third-order valence-corrected chi connectivity index (χ3v) is 2.72. The number of nitro benzene ring substituents is 2. The summed E-state index contributed by atoms with van der Waals surface area (Å²) >= 11 is 0. The van der Waals surface area contributed by atoms with Crippen molar-refractivity contribution in [3.05, 3.63) is 44.0 Å². The van der Waals surface area contributed by atoms with Crippen LogP contribution in [0.4, 0.5) is 11.4 Å². The van der Waals surface area contributed by atoms with Gasteiger partial charge in [-0.25, -0.2) is 0 Å². The van der Waals surface area contributed by atoms with E-state index in [2.05, 4.69) is 4.18 Å². The summed E-state index contributed by atoms with van der Waals surface area (Å²) in [6, 6.07) is 3.36. The molecule has 0 bridgehead atoms. The molecule has 0 heterocycles. The summed E-state index contributed by atoms with van der Waals surface area (Å²) in [6.07, 6.45) is 0.969. The molecule has 10 heteroatoms. The van der Waals surface area contributed by atoms with Gasteiger partial charge in [-0.05, 0) is 12.0 Å². The number of nitrogens with zero attached hydrogens (tertiary/aromatic N) is 2. The number of nitro groups is 2. The van der Waals surface area contributed by atoms with Crippen LogP contribution < -0.4 is 0 Å². The SMILES string of the molecule is CS(=O)(=O)OCCc1ccc([N+](=O)[O-])c([N+](=O)[O-])c1. The third kappa shape index (κ3) is 4.60. The molecule has 0 N–H and O–H groups in total. The quantitative estimate of drug-likeness (QED) is 0.434. The summed E-state index contributed by atoms with van der Waals surface area (Å²) in [4.78, 5) is 19.6. The molecule has 0 spiro atoms. The minimum Gasteiger partial charge on any atom is -0.270 e. The Labute approximate surface area is 108 Å². The molecule has 0 unspecified atom stereocenters. The first kappa shape index (κ1) is 15.0. The Morgan fingerprint density at radius 3 is 2.21 bits per heavy atom. The number of benzene rings is 1. The highest BCUT2D eigenvalue weighted by Gasteiger charge is 2.23. The highest BCUT2D eigenvalue weighted by Crippen LogP contribution is 2.27. The average Bonchev–Trinajstić information content (AvgIpc) is 2.26. The summed E-state index contributed by atoms with van der Waals surface area (Å²) in [6.45, 7) is -0.187. The van der Waals surface area contributed by atoms with Crippen molar-refractivity contribution in [3.63, 3.8) is 0 Å². The van der Waals surface area contributed by atoms with Crippen LogP contribution in [0, 0.1) is 20.2 Å². The Balaban J connectivity index is 2.90. The molecule has 0 amide bonds. The Morgan fingerprint density at radius 1 is 1.16 bits per heavy atom. The van der Waals surface area contributed by atoms with E-state index in [-0.39, 0.29) is 13.0 Å². The smallest absolute Gasteiger partial charge is 0.270 e. The predicted molar refractivity (Wildman–Crippen MR) is 64.3 cm³/mol. The summed E-state index contributed by atoms with van der Waals surface area (Å²) in [5, 5.41) is 21.3. The van der Waals surface area contributed by atoms with Crippen LogP contribution in [-0.4, -0.2) is 31.1 Å². The molecule has 0 aliphatic carbocycles. The van der Waals surface area contributed by atoms with Crippen molar-refractivity contribution in [1.82, 2.24) is 0 Å². The maximum atomic E-state index is 10.7. The zero-order chi connectivity index (χ0) is 14.6. The number of rotatable bonds is 6. The maximum absolute atomic E-state index is 10.7. The van der Waals surface area contributed by atoms with Crippen molar-refractivity contribution in [1.29, 1.82) is 0 Å². The largest absolute Gasteiger partial charge is 0.346 e. The lowest BCUT2D eigenvalue weighted by Gasteiger charge is -2.02. The van der Waals surface area contributed by atoms with Crippen molar-refractivity contribution in [2.24, 2.45) is 0 Å². The minimum atomic E-state index is -3.58. The Morgan fingerprint density at radius 2 is 1.74 bits per heavy atom. The van der Waals surface area contributed by atoms with Gasteiger partial charge in [0.05, 0.1) is 22.7 Å². The molecule has 1 rings (SSSR count). The first-order chi connectivity index (χ1) is 8.70. The zero-order valence-electron chi connectivity index (χ0n) is 9.81. The molecule has 19 heavy (non-hydrogen) atoms. The molecule has 0 radical (unpaired) electrons. The van der Waals surface area contributed by atoms with E-state index in [0.717, 1.165) is 18.4 Å². The van der Waals surface area contributed by atoms with E-state index >= 15 is 0 Å². The number of hydrogen-bond acceptors (Lipinski definition) is 7. The third-order valence-electron chi connectivity index (χ3n) is 2.12. The first-order valence-corrected chi connectivity index (χ1v) is 6.78. The molecule has 0 aliphatic heterocycles. The summed E-state index contributed by atoms with van der Waals surface area (Å²) < 4.78 is 25.9. The van der Waals surface area contributed by atoms with Crippen LogP contribution in [-0.2, 0) is 20.7 Å². The molecule has 0 aliphatic rings. The van der Waals surface area contributed by atoms with Gasteiger partial charge in [-0.2, -0.15) is 8.42 Å². The van der Waals surface area contributed by atoms with Gasteiger partial charge in [0.15, 0.2) is 0 Å². The predicted octanol–water partition coefficient (Wildman–Crippen LogP) is 1.02. The van der Waals surface area contributed by atoms with Crippen LogP contribution in [0.3, 0.4) is 0 Å². The van der Waals surface area contributed by atoms with Crippen molar-refractivity contribution in [2.75, 3.05) is 12.9 Å². The normalized spacial score (nSPS) is 11.2. The van der Waals surface area contributed by atoms with Crippen LogP contribution in [0.1, 0.15) is 5.56 Å². The first-order valence-electron chi connectivity index (χ1n) is 4.97. The molecule has 0 aromatic heterocycles. The van der Waals surface area contributed by atoms with Gasteiger partial charge >= 0.3 is 11.4 Å². The maximum Gasteiger partial charge on any atom is 0.346 e. The van der Waals surface area contributed by atoms with Crippen molar-refractivity contribution in [3.8, 4) is 0 Å². The van der Waals surface area contributed by atoms with E-state index in [0.29, 0.717) is 5.56 Å². The second-order valence-corrected chi connectivity index (χ2v) is 5.26. The van der Waals surface area contributed by atoms with Crippen LogP contribution in [0.15, 0.2) is 18.2 Å². The standard InChI is InChI=1S/C9H10N2O7S/c1-19(16,17)18-5-4-7-2-3-8(10(12)13)9(6-7)11(14)15/h2-3,6H,4-5H2,1H3. The van der Waals surface area contributed by atoms with Gasteiger partial charge in [0, 0.05) is 12.1 Å². The molecule has 104 valence electrons. The average molecular weight is 290 g/mol. The second-order valence-electron chi connectivity index (χ2n) is 3.61. The second kappa shape index (κ2) is 5.71. The fourth-order valence-electron chi connectivity index (χ4n) is 1.34. The lowest BCUT2D eigenvalue weighted by Crippen LogP contribution is -2.06. The van der Waals surface area contributed by atoms with Gasteiger partial charge in [-0.3, -0.25) is 24.4 Å². The van der Waals surface area contributed by atoms with E-state index in [1.54, 1.807) is 0 Å². The van der Waals surface area contributed by atoms with E-state index in [4.69, 9.17) is 0 Å². The summed E-state index contributed by atoms with van der Waals surface area (Å²) in [5.41, 5.74) is -0.874. The Kier molecular flexibility index (Phi) is 4.51. The van der Waals surface area contributed by atoms with E-state index in [9.17, 15) is 28.6 Å². The molecule has 0 atom stereocenters. The lowest BCUT2D eigenvalue weighted by atomic mass is 10.1. The van der Waals surface area contributed by atoms with Crippen molar-refractivity contribution < 1.29 is 22.4 Å². The Bertz CT molecular complexity index is 611. The fourth-order valence-corrected chi connectivity index (χ4v) is 1.72. The molecule has 1 aromatic rings. The molecular weight excluding hydrogens is 280 g/mol. The lowest BCUT2D eigenvalue weighted by molar-refractivity contribution is -0.422. The fraction of sp³-hybridized carbons (Fsp3) is 0.333. The van der Waals surface area contributed by atoms with E-state index in [1.165, 1.54) is 6.07 Å². The van der Waals surface area contributed by atoms with E-state index in [1.807, 2.05) is 0 Å². The molecule has 0 saturated carbocycles.